The first-order chi connectivity index (χ1) is 5.52. The molecule has 1 N–H and O–H groups in total. The van der Waals surface area contributed by atoms with Gasteiger partial charge >= 0.3 is 0 Å². The van der Waals surface area contributed by atoms with Crippen LogP contribution in [0.1, 0.15) is 22.3 Å². The van der Waals surface area contributed by atoms with Gasteiger partial charge in [-0.1, -0.05) is 24.3 Å². The van der Waals surface area contributed by atoms with Crippen LogP contribution in [-0.4, -0.2) is 5.11 Å². The van der Waals surface area contributed by atoms with Crippen LogP contribution in [0.4, 0.5) is 0 Å². The Labute approximate surface area is 73.4 Å². The van der Waals surface area contributed by atoms with Crippen molar-refractivity contribution in [2.24, 2.45) is 0 Å². The summed E-state index contributed by atoms with van der Waals surface area (Å²) in [7, 11) is 0. The van der Waals surface area contributed by atoms with Crippen LogP contribution in [0.15, 0.2) is 18.7 Å². The van der Waals surface area contributed by atoms with E-state index in [0.717, 1.165) is 16.7 Å². The molecule has 0 saturated carbocycles. The Kier molecular flexibility index (Phi) is 2.22. The lowest BCUT2D eigenvalue weighted by Gasteiger charge is -2.08. The quantitative estimate of drug-likeness (QED) is 0.629. The van der Waals surface area contributed by atoms with Gasteiger partial charge in [-0.25, -0.2) is 0 Å². The number of aliphatic hydroxyl groups is 1. The fraction of sp³-hybridized carbons (Fsp3) is 0.273. The maximum atomic E-state index is 9.28. The summed E-state index contributed by atoms with van der Waals surface area (Å²) in [6.07, 6.45) is 0. The van der Waals surface area contributed by atoms with Gasteiger partial charge in [-0.05, 0) is 31.9 Å². The summed E-state index contributed by atoms with van der Waals surface area (Å²) in [4.78, 5) is 0. The third kappa shape index (κ3) is 1.50. The lowest BCUT2D eigenvalue weighted by atomic mass is 9.99. The molecule has 0 bridgehead atoms. The molecule has 0 saturated heterocycles. The van der Waals surface area contributed by atoms with Crippen molar-refractivity contribution in [2.45, 2.75) is 20.8 Å². The SMILES string of the molecule is C=C(O)c1c(C)cc(C)cc1C. The van der Waals surface area contributed by atoms with Crippen LogP contribution in [0.2, 0.25) is 0 Å². The van der Waals surface area contributed by atoms with Crippen molar-refractivity contribution in [3.63, 3.8) is 0 Å². The smallest absolute Gasteiger partial charge is 0.116 e. The zero-order valence-corrected chi connectivity index (χ0v) is 7.81. The van der Waals surface area contributed by atoms with E-state index in [1.807, 2.05) is 32.9 Å². The summed E-state index contributed by atoms with van der Waals surface area (Å²) in [5.41, 5.74) is 4.26. The Hall–Kier alpha value is -1.24. The predicted molar refractivity (Wildman–Crippen MR) is 52.3 cm³/mol. The first-order valence-electron chi connectivity index (χ1n) is 3.98. The Morgan fingerprint density at radius 3 is 1.92 bits per heavy atom. The minimum absolute atomic E-state index is 0.157. The molecule has 1 nitrogen and oxygen atoms in total. The van der Waals surface area contributed by atoms with Gasteiger partial charge in [-0.3, -0.25) is 0 Å². The summed E-state index contributed by atoms with van der Waals surface area (Å²) in [5, 5.41) is 9.28. The van der Waals surface area contributed by atoms with E-state index < -0.39 is 0 Å². The average molecular weight is 162 g/mol. The molecule has 1 aromatic carbocycles. The lowest BCUT2D eigenvalue weighted by Crippen LogP contribution is -1.92. The van der Waals surface area contributed by atoms with Gasteiger partial charge in [-0.2, -0.15) is 0 Å². The van der Waals surface area contributed by atoms with Crippen LogP contribution in [-0.2, 0) is 0 Å². The van der Waals surface area contributed by atoms with Gasteiger partial charge in [0.2, 0.25) is 0 Å². The van der Waals surface area contributed by atoms with E-state index in [-0.39, 0.29) is 5.76 Å². The second-order valence-electron chi connectivity index (χ2n) is 3.22. The van der Waals surface area contributed by atoms with Crippen molar-refractivity contribution in [2.75, 3.05) is 0 Å². The van der Waals surface area contributed by atoms with E-state index in [9.17, 15) is 5.11 Å². The number of aliphatic hydroxyl groups excluding tert-OH is 1. The number of rotatable bonds is 1. The van der Waals surface area contributed by atoms with Gasteiger partial charge < -0.3 is 5.11 Å². The van der Waals surface area contributed by atoms with Gasteiger partial charge in [0.05, 0.1) is 0 Å². The maximum absolute atomic E-state index is 9.28. The van der Waals surface area contributed by atoms with E-state index in [0.29, 0.717) is 0 Å². The minimum atomic E-state index is 0.157. The first kappa shape index (κ1) is 8.85. The number of aryl methyl sites for hydroxylation is 3. The number of benzene rings is 1. The summed E-state index contributed by atoms with van der Waals surface area (Å²) in [6, 6.07) is 4.09. The third-order valence-corrected chi connectivity index (χ3v) is 1.97. The second kappa shape index (κ2) is 3.02. The summed E-state index contributed by atoms with van der Waals surface area (Å²) < 4.78 is 0. The van der Waals surface area contributed by atoms with Crippen LogP contribution in [0.5, 0.6) is 0 Å². The predicted octanol–water partition coefficient (Wildman–Crippen LogP) is 3.14. The Morgan fingerprint density at radius 1 is 1.17 bits per heavy atom. The molecule has 64 valence electrons. The molecule has 0 aliphatic heterocycles. The molecule has 1 heteroatoms. The van der Waals surface area contributed by atoms with Crippen LogP contribution >= 0.6 is 0 Å². The van der Waals surface area contributed by atoms with Crippen molar-refractivity contribution < 1.29 is 5.11 Å². The first-order valence-corrected chi connectivity index (χ1v) is 3.98. The Morgan fingerprint density at radius 2 is 1.58 bits per heavy atom. The summed E-state index contributed by atoms with van der Waals surface area (Å²) in [5.74, 6) is 0.157. The van der Waals surface area contributed by atoms with E-state index >= 15 is 0 Å². The third-order valence-electron chi connectivity index (χ3n) is 1.97. The molecule has 0 atom stereocenters. The Balaban J connectivity index is 3.38. The van der Waals surface area contributed by atoms with Gasteiger partial charge in [0.15, 0.2) is 0 Å². The molecular weight excluding hydrogens is 148 g/mol. The van der Waals surface area contributed by atoms with Gasteiger partial charge in [0, 0.05) is 5.56 Å². The van der Waals surface area contributed by atoms with Crippen molar-refractivity contribution in [3.05, 3.63) is 41.0 Å². The minimum Gasteiger partial charge on any atom is -0.508 e. The second-order valence-corrected chi connectivity index (χ2v) is 3.22. The molecule has 0 spiro atoms. The van der Waals surface area contributed by atoms with E-state index in [2.05, 4.69) is 6.58 Å². The molecule has 0 aliphatic rings. The number of hydrogen-bond acceptors (Lipinski definition) is 1. The maximum Gasteiger partial charge on any atom is 0.116 e. The van der Waals surface area contributed by atoms with Crippen molar-refractivity contribution in [1.29, 1.82) is 0 Å². The van der Waals surface area contributed by atoms with Crippen LogP contribution in [0, 0.1) is 20.8 Å². The standard InChI is InChI=1S/C11H14O/c1-7-5-8(2)11(10(4)12)9(3)6-7/h5-6,12H,4H2,1-3H3. The van der Waals surface area contributed by atoms with Crippen LogP contribution in [0.25, 0.3) is 5.76 Å². The summed E-state index contributed by atoms with van der Waals surface area (Å²) in [6.45, 7) is 9.54. The van der Waals surface area contributed by atoms with Gasteiger partial charge in [0.25, 0.3) is 0 Å². The largest absolute Gasteiger partial charge is 0.508 e. The molecule has 0 heterocycles. The summed E-state index contributed by atoms with van der Waals surface area (Å²) >= 11 is 0. The van der Waals surface area contributed by atoms with Crippen molar-refractivity contribution in [1.82, 2.24) is 0 Å². The monoisotopic (exact) mass is 162 g/mol. The molecule has 0 aliphatic carbocycles. The highest BCUT2D eigenvalue weighted by Gasteiger charge is 2.05. The van der Waals surface area contributed by atoms with E-state index in [1.54, 1.807) is 0 Å². The zero-order chi connectivity index (χ0) is 9.30. The highest BCUT2D eigenvalue weighted by atomic mass is 16.3. The highest BCUT2D eigenvalue weighted by molar-refractivity contribution is 5.63. The van der Waals surface area contributed by atoms with Crippen LogP contribution in [0.3, 0.4) is 0 Å². The van der Waals surface area contributed by atoms with E-state index in [1.165, 1.54) is 5.56 Å². The van der Waals surface area contributed by atoms with Gasteiger partial charge in [-0.15, -0.1) is 0 Å². The Bertz CT molecular complexity index is 301. The van der Waals surface area contributed by atoms with Crippen molar-refractivity contribution in [3.8, 4) is 0 Å². The molecule has 1 rings (SSSR count). The molecular formula is C11H14O. The molecule has 1 aromatic rings. The van der Waals surface area contributed by atoms with Gasteiger partial charge in [0.1, 0.15) is 5.76 Å². The molecule has 0 aromatic heterocycles. The topological polar surface area (TPSA) is 20.2 Å². The fourth-order valence-electron chi connectivity index (χ4n) is 1.64. The number of hydrogen-bond donors (Lipinski definition) is 1. The average Bonchev–Trinajstić information content (AvgIpc) is 1.82. The molecule has 0 fully saturated rings. The fourth-order valence-corrected chi connectivity index (χ4v) is 1.64. The van der Waals surface area contributed by atoms with Crippen molar-refractivity contribution >= 4 is 5.76 Å². The molecule has 0 radical (unpaired) electrons. The molecule has 0 unspecified atom stereocenters. The molecule has 12 heavy (non-hydrogen) atoms. The van der Waals surface area contributed by atoms with Crippen LogP contribution < -0.4 is 0 Å². The van der Waals surface area contributed by atoms with E-state index in [4.69, 9.17) is 0 Å². The normalized spacial score (nSPS) is 9.92. The highest BCUT2D eigenvalue weighted by Crippen LogP contribution is 2.21. The lowest BCUT2D eigenvalue weighted by molar-refractivity contribution is 0.512. The molecule has 0 amide bonds. The zero-order valence-electron chi connectivity index (χ0n) is 7.81.